The van der Waals surface area contributed by atoms with E-state index in [-0.39, 0.29) is 10.8 Å². The molecule has 2 heterocycles. The second-order valence-electron chi connectivity index (χ2n) is 16.4. The largest absolute Gasteiger partial charge is 0.507 e. The predicted octanol–water partition coefficient (Wildman–Crippen LogP) is 12.3. The van der Waals surface area contributed by atoms with Gasteiger partial charge in [0.25, 0.3) is 0 Å². The first kappa shape index (κ1) is 33.7. The van der Waals surface area contributed by atoms with Crippen LogP contribution in [0.25, 0.3) is 61.6 Å². The van der Waals surface area contributed by atoms with Crippen molar-refractivity contribution in [1.82, 2.24) is 14.5 Å². The van der Waals surface area contributed by atoms with E-state index in [1.54, 1.807) is 0 Å². The van der Waals surface area contributed by atoms with Crippen molar-refractivity contribution >= 4 is 11.0 Å². The third-order valence-electron chi connectivity index (χ3n) is 10.7. The topological polar surface area (TPSA) is 50.9 Å². The van der Waals surface area contributed by atoms with Crippen LogP contribution < -0.4 is 0 Å². The highest BCUT2D eigenvalue weighted by Crippen LogP contribution is 2.42. The van der Waals surface area contributed by atoms with Crippen molar-refractivity contribution in [3.05, 3.63) is 144 Å². The molecule has 0 radical (unpaired) electrons. The number of hydrogen-bond acceptors (Lipinski definition) is 3. The molecule has 1 N–H and O–H groups in total. The predicted molar refractivity (Wildman–Crippen MR) is 216 cm³/mol. The van der Waals surface area contributed by atoms with Crippen LogP contribution in [0.4, 0.5) is 0 Å². The quantitative estimate of drug-likeness (QED) is 0.197. The maximum atomic E-state index is 11.8. The smallest absolute Gasteiger partial charge is 0.149 e. The van der Waals surface area contributed by atoms with Crippen molar-refractivity contribution in [3.8, 4) is 56.3 Å². The van der Waals surface area contributed by atoms with E-state index in [9.17, 15) is 5.11 Å². The number of aromatic nitrogens is 3. The Labute approximate surface area is 307 Å². The van der Waals surface area contributed by atoms with Gasteiger partial charge in [0, 0.05) is 23.0 Å². The Morgan fingerprint density at radius 3 is 2.08 bits per heavy atom. The van der Waals surface area contributed by atoms with E-state index in [2.05, 4.69) is 155 Å². The minimum atomic E-state index is -0.0947. The molecule has 4 heteroatoms. The molecule has 7 aromatic rings. The molecular weight excluding hydrogens is 635 g/mol. The van der Waals surface area contributed by atoms with Gasteiger partial charge < -0.3 is 5.11 Å². The molecule has 0 aliphatic heterocycles. The molecule has 0 saturated heterocycles. The number of imidazole rings is 1. The van der Waals surface area contributed by atoms with Gasteiger partial charge in [-0.1, -0.05) is 108 Å². The number of nitrogens with zero attached hydrogens (tertiary/aromatic N) is 3. The summed E-state index contributed by atoms with van der Waals surface area (Å²) in [5, 5.41) is 11.8. The van der Waals surface area contributed by atoms with Gasteiger partial charge in [0.1, 0.15) is 11.6 Å². The van der Waals surface area contributed by atoms with E-state index in [0.717, 1.165) is 87.3 Å². The first-order valence-electron chi connectivity index (χ1n) is 18.6. The molecule has 0 spiro atoms. The molecule has 1 aliphatic carbocycles. The summed E-state index contributed by atoms with van der Waals surface area (Å²) in [5.74, 6) is 1.11. The fraction of sp³-hybridized carbons (Fsp3) is 0.250. The number of fused-ring (bicyclic) bond motifs is 2. The summed E-state index contributed by atoms with van der Waals surface area (Å²) < 4.78 is 2.20. The van der Waals surface area contributed by atoms with Crippen molar-refractivity contribution in [2.24, 2.45) is 0 Å². The highest BCUT2D eigenvalue weighted by molar-refractivity contribution is 5.97. The van der Waals surface area contributed by atoms with Gasteiger partial charge in [-0.05, 0) is 124 Å². The summed E-state index contributed by atoms with van der Waals surface area (Å²) in [6.45, 7) is 13.5. The molecule has 0 unspecified atom stereocenters. The van der Waals surface area contributed by atoms with Gasteiger partial charge >= 0.3 is 0 Å². The lowest BCUT2D eigenvalue weighted by molar-refractivity contribution is 0.463. The molecule has 0 fully saturated rings. The van der Waals surface area contributed by atoms with Gasteiger partial charge in [-0.3, -0.25) is 9.55 Å². The van der Waals surface area contributed by atoms with Crippen LogP contribution in [0.15, 0.2) is 121 Å². The summed E-state index contributed by atoms with van der Waals surface area (Å²) in [5.41, 5.74) is 15.0. The maximum Gasteiger partial charge on any atom is 0.149 e. The van der Waals surface area contributed by atoms with E-state index in [0.29, 0.717) is 5.75 Å². The summed E-state index contributed by atoms with van der Waals surface area (Å²) >= 11 is 0. The van der Waals surface area contributed by atoms with Crippen molar-refractivity contribution in [1.29, 1.82) is 0 Å². The molecule has 260 valence electrons. The van der Waals surface area contributed by atoms with E-state index < -0.39 is 0 Å². The number of benzene rings is 5. The minimum absolute atomic E-state index is 0.0947. The van der Waals surface area contributed by atoms with Crippen LogP contribution in [0.1, 0.15) is 76.6 Å². The van der Waals surface area contributed by atoms with Crippen LogP contribution in [0, 0.1) is 0 Å². The summed E-state index contributed by atoms with van der Waals surface area (Å²) in [4.78, 5) is 10.3. The SMILES string of the molecule is CC(C)(C)c1ccc(-c2ccnc(-c3cc(-c4cccc5c4nc(-c4ccc6c(c4O)CCCC6)n5-c4ccccc4)cc(C(C)(C)C)c3)c2)cc1. The summed E-state index contributed by atoms with van der Waals surface area (Å²) in [6.07, 6.45) is 6.09. The van der Waals surface area contributed by atoms with E-state index in [4.69, 9.17) is 9.97 Å². The van der Waals surface area contributed by atoms with E-state index in [1.807, 2.05) is 12.3 Å². The molecule has 0 atom stereocenters. The first-order chi connectivity index (χ1) is 25.0. The third kappa shape index (κ3) is 6.21. The number of rotatable bonds is 5. The van der Waals surface area contributed by atoms with Crippen LogP contribution in [-0.2, 0) is 23.7 Å². The lowest BCUT2D eigenvalue weighted by Gasteiger charge is -2.22. The zero-order valence-electron chi connectivity index (χ0n) is 31.2. The fourth-order valence-corrected chi connectivity index (χ4v) is 7.63. The molecule has 2 aromatic heterocycles. The normalized spacial score (nSPS) is 13.3. The average molecular weight is 682 g/mol. The molecule has 0 bridgehead atoms. The first-order valence-corrected chi connectivity index (χ1v) is 18.6. The highest BCUT2D eigenvalue weighted by atomic mass is 16.3. The molecule has 0 amide bonds. The number of aryl methyl sites for hydroxylation is 1. The fourth-order valence-electron chi connectivity index (χ4n) is 7.63. The standard InChI is InChI=1S/C48H47N3O/c1-47(2,3)36-22-19-31(20-23-36)33-25-26-49-42(30-33)35-27-34(28-37(29-35)48(4,5)6)39-17-12-18-43-44(39)50-46(51(43)38-14-8-7-9-15-38)41-24-21-32-13-10-11-16-40(32)45(41)52/h7-9,12,14-15,17-30,52H,10-11,13,16H2,1-6H3. The Morgan fingerprint density at radius 2 is 1.33 bits per heavy atom. The Bertz CT molecular complexity index is 2420. The number of pyridine rings is 1. The van der Waals surface area contributed by atoms with Gasteiger partial charge in [-0.2, -0.15) is 0 Å². The van der Waals surface area contributed by atoms with Gasteiger partial charge in [0.2, 0.25) is 0 Å². The minimum Gasteiger partial charge on any atom is -0.507 e. The second-order valence-corrected chi connectivity index (χ2v) is 16.4. The average Bonchev–Trinajstić information content (AvgIpc) is 3.54. The molecule has 4 nitrogen and oxygen atoms in total. The van der Waals surface area contributed by atoms with Crippen LogP contribution in [0.2, 0.25) is 0 Å². The molecule has 52 heavy (non-hydrogen) atoms. The zero-order chi connectivity index (χ0) is 36.2. The zero-order valence-corrected chi connectivity index (χ0v) is 31.2. The van der Waals surface area contributed by atoms with Crippen molar-refractivity contribution < 1.29 is 5.11 Å². The maximum absolute atomic E-state index is 11.8. The van der Waals surface area contributed by atoms with E-state index in [1.165, 1.54) is 22.3 Å². The number of phenolic OH excluding ortho intramolecular Hbond substituents is 1. The molecular formula is C48H47N3O. The number of aromatic hydroxyl groups is 1. The lowest BCUT2D eigenvalue weighted by atomic mass is 9.83. The molecule has 5 aromatic carbocycles. The molecule has 1 aliphatic rings. The number of phenols is 1. The van der Waals surface area contributed by atoms with Gasteiger partial charge in [0.05, 0.1) is 22.3 Å². The van der Waals surface area contributed by atoms with Crippen LogP contribution in [0.5, 0.6) is 5.75 Å². The van der Waals surface area contributed by atoms with Crippen molar-refractivity contribution in [2.75, 3.05) is 0 Å². The van der Waals surface area contributed by atoms with Gasteiger partial charge in [-0.15, -0.1) is 0 Å². The van der Waals surface area contributed by atoms with Gasteiger partial charge in [0.15, 0.2) is 0 Å². The summed E-state index contributed by atoms with van der Waals surface area (Å²) in [6, 6.07) is 41.1. The Morgan fingerprint density at radius 1 is 0.596 bits per heavy atom. The van der Waals surface area contributed by atoms with Crippen molar-refractivity contribution in [2.45, 2.75) is 78.1 Å². The lowest BCUT2D eigenvalue weighted by Crippen LogP contribution is -2.11. The number of hydrogen-bond donors (Lipinski definition) is 1. The summed E-state index contributed by atoms with van der Waals surface area (Å²) in [7, 11) is 0. The van der Waals surface area contributed by atoms with E-state index >= 15 is 0 Å². The number of para-hydroxylation sites is 2. The van der Waals surface area contributed by atoms with Crippen LogP contribution in [-0.4, -0.2) is 19.6 Å². The third-order valence-corrected chi connectivity index (χ3v) is 10.7. The van der Waals surface area contributed by atoms with Gasteiger partial charge in [-0.25, -0.2) is 4.98 Å². The highest BCUT2D eigenvalue weighted by Gasteiger charge is 2.24. The molecule has 0 saturated carbocycles. The Balaban J connectivity index is 1.30. The van der Waals surface area contributed by atoms with Crippen LogP contribution >= 0.6 is 0 Å². The Hall–Kier alpha value is -5.48. The second kappa shape index (κ2) is 12.9. The monoisotopic (exact) mass is 681 g/mol. The van der Waals surface area contributed by atoms with Crippen LogP contribution in [0.3, 0.4) is 0 Å². The van der Waals surface area contributed by atoms with Crippen molar-refractivity contribution in [3.63, 3.8) is 0 Å². The molecule has 8 rings (SSSR count). The Kier molecular flexibility index (Phi) is 8.37.